The van der Waals surface area contributed by atoms with Crippen molar-refractivity contribution in [2.24, 2.45) is 5.16 Å². The highest BCUT2D eigenvalue weighted by molar-refractivity contribution is 5.97. The Bertz CT molecular complexity index is 869. The Labute approximate surface area is 147 Å². The topological polar surface area (TPSA) is 52.8 Å². The van der Waals surface area contributed by atoms with Crippen LogP contribution in [0.15, 0.2) is 71.9 Å². The van der Waals surface area contributed by atoms with E-state index in [2.05, 4.69) is 24.2 Å². The lowest BCUT2D eigenvalue weighted by atomic mass is 9.88. The molecule has 3 rings (SSSR count). The molecule has 25 heavy (non-hydrogen) atoms. The van der Waals surface area contributed by atoms with Crippen LogP contribution in [-0.4, -0.2) is 16.5 Å². The number of hydrogen-bond donors (Lipinski definition) is 2. The average Bonchev–Trinajstić information content (AvgIpc) is 2.63. The maximum Gasteiger partial charge on any atom is 0.115 e. The van der Waals surface area contributed by atoms with E-state index in [1.807, 2.05) is 42.5 Å². The van der Waals surface area contributed by atoms with E-state index in [9.17, 15) is 5.11 Å². The lowest BCUT2D eigenvalue weighted by molar-refractivity contribution is 0.322. The van der Waals surface area contributed by atoms with Crippen LogP contribution >= 0.6 is 0 Å². The molecule has 0 bridgehead atoms. The normalized spacial score (nSPS) is 11.1. The van der Waals surface area contributed by atoms with Crippen LogP contribution in [0.3, 0.4) is 0 Å². The second-order valence-corrected chi connectivity index (χ2v) is 6.02. The summed E-state index contributed by atoms with van der Waals surface area (Å²) in [5.41, 5.74) is 6.23. The third-order valence-electron chi connectivity index (χ3n) is 4.20. The molecule has 0 aliphatic heterocycles. The van der Waals surface area contributed by atoms with Crippen LogP contribution in [0.1, 0.15) is 24.5 Å². The maximum atomic E-state index is 9.61. The minimum Gasteiger partial charge on any atom is -0.508 e. The Hall–Kier alpha value is -3.07. The Morgan fingerprint density at radius 1 is 0.920 bits per heavy atom. The van der Waals surface area contributed by atoms with Gasteiger partial charge in [-0.3, -0.25) is 0 Å². The van der Waals surface area contributed by atoms with Crippen LogP contribution in [-0.2, 0) is 6.42 Å². The SMILES string of the molecule is CCCc1cc(C=NO)c(-c2ccccc2)c(-c2ccc(O)cc2)c1. The van der Waals surface area contributed by atoms with Crippen LogP contribution in [0, 0.1) is 0 Å². The molecular formula is C22H21NO2. The van der Waals surface area contributed by atoms with Crippen LogP contribution in [0.25, 0.3) is 22.3 Å². The number of hydrogen-bond acceptors (Lipinski definition) is 3. The third-order valence-corrected chi connectivity index (χ3v) is 4.20. The van der Waals surface area contributed by atoms with Gasteiger partial charge in [0.25, 0.3) is 0 Å². The van der Waals surface area contributed by atoms with Crippen molar-refractivity contribution in [1.29, 1.82) is 0 Å². The number of aromatic hydroxyl groups is 1. The van der Waals surface area contributed by atoms with Crippen molar-refractivity contribution < 1.29 is 10.3 Å². The van der Waals surface area contributed by atoms with Gasteiger partial charge in [-0.05, 0) is 52.4 Å². The van der Waals surface area contributed by atoms with Crippen LogP contribution < -0.4 is 0 Å². The minimum absolute atomic E-state index is 0.242. The van der Waals surface area contributed by atoms with E-state index in [0.717, 1.165) is 40.7 Å². The number of aryl methyl sites for hydroxylation is 1. The van der Waals surface area contributed by atoms with Gasteiger partial charge in [-0.1, -0.05) is 67.0 Å². The molecule has 0 aromatic heterocycles. The van der Waals surface area contributed by atoms with Crippen molar-refractivity contribution >= 4 is 6.21 Å². The summed E-state index contributed by atoms with van der Waals surface area (Å²) in [5.74, 6) is 0.242. The van der Waals surface area contributed by atoms with Gasteiger partial charge in [-0.2, -0.15) is 0 Å². The van der Waals surface area contributed by atoms with E-state index in [0.29, 0.717) is 0 Å². The third kappa shape index (κ3) is 3.72. The summed E-state index contributed by atoms with van der Waals surface area (Å²) in [6, 6.07) is 21.5. The summed E-state index contributed by atoms with van der Waals surface area (Å²) in [6.45, 7) is 2.14. The van der Waals surface area contributed by atoms with Crippen molar-refractivity contribution in [3.63, 3.8) is 0 Å². The number of phenols is 1. The van der Waals surface area contributed by atoms with Crippen molar-refractivity contribution in [1.82, 2.24) is 0 Å². The van der Waals surface area contributed by atoms with E-state index in [4.69, 9.17) is 5.21 Å². The first-order chi connectivity index (χ1) is 12.2. The van der Waals surface area contributed by atoms with Gasteiger partial charge < -0.3 is 10.3 Å². The Kier molecular flexibility index (Phi) is 5.14. The molecule has 0 atom stereocenters. The van der Waals surface area contributed by atoms with Crippen molar-refractivity contribution in [3.05, 3.63) is 77.9 Å². The summed E-state index contributed by atoms with van der Waals surface area (Å²) in [6.07, 6.45) is 3.48. The zero-order valence-corrected chi connectivity index (χ0v) is 14.2. The molecule has 3 heteroatoms. The maximum absolute atomic E-state index is 9.61. The largest absolute Gasteiger partial charge is 0.508 e. The molecule has 0 amide bonds. The highest BCUT2D eigenvalue weighted by atomic mass is 16.4. The molecular weight excluding hydrogens is 310 g/mol. The Morgan fingerprint density at radius 3 is 2.28 bits per heavy atom. The van der Waals surface area contributed by atoms with Gasteiger partial charge in [0.15, 0.2) is 0 Å². The predicted molar refractivity (Wildman–Crippen MR) is 102 cm³/mol. The lowest BCUT2D eigenvalue weighted by Crippen LogP contribution is -1.97. The first-order valence-electron chi connectivity index (χ1n) is 8.42. The summed E-state index contributed by atoms with van der Waals surface area (Å²) in [5, 5.41) is 22.0. The standard InChI is InChI=1S/C22H21NO2/c1-2-6-16-13-19(15-23-25)22(18-7-4-3-5-8-18)21(14-16)17-9-11-20(24)12-10-17/h3-5,7-15,24-25H,2,6H2,1H3. The van der Waals surface area contributed by atoms with Gasteiger partial charge in [0, 0.05) is 5.56 Å². The monoisotopic (exact) mass is 331 g/mol. The highest BCUT2D eigenvalue weighted by Crippen LogP contribution is 2.36. The van der Waals surface area contributed by atoms with E-state index in [-0.39, 0.29) is 5.75 Å². The van der Waals surface area contributed by atoms with E-state index < -0.39 is 0 Å². The molecule has 0 heterocycles. The predicted octanol–water partition coefficient (Wildman–Crippen LogP) is 5.49. The molecule has 0 saturated carbocycles. The molecule has 2 N–H and O–H groups in total. The number of phenolic OH excluding ortho intramolecular Hbond substituents is 1. The summed E-state index contributed by atoms with van der Waals surface area (Å²) in [4.78, 5) is 0. The van der Waals surface area contributed by atoms with Gasteiger partial charge in [0.2, 0.25) is 0 Å². The lowest BCUT2D eigenvalue weighted by Gasteiger charge is -2.16. The summed E-state index contributed by atoms with van der Waals surface area (Å²) in [7, 11) is 0. The number of benzene rings is 3. The van der Waals surface area contributed by atoms with Crippen molar-refractivity contribution in [3.8, 4) is 28.0 Å². The number of nitrogens with zero attached hydrogens (tertiary/aromatic N) is 1. The van der Waals surface area contributed by atoms with Gasteiger partial charge in [0.1, 0.15) is 5.75 Å². The van der Waals surface area contributed by atoms with Crippen molar-refractivity contribution in [2.75, 3.05) is 0 Å². The molecule has 3 aromatic carbocycles. The van der Waals surface area contributed by atoms with Gasteiger partial charge in [-0.15, -0.1) is 0 Å². The Balaban J connectivity index is 2.30. The van der Waals surface area contributed by atoms with Crippen molar-refractivity contribution in [2.45, 2.75) is 19.8 Å². The zero-order chi connectivity index (χ0) is 17.6. The summed E-state index contributed by atoms with van der Waals surface area (Å²) < 4.78 is 0. The van der Waals surface area contributed by atoms with Crippen LogP contribution in [0.4, 0.5) is 0 Å². The molecule has 0 fully saturated rings. The average molecular weight is 331 g/mol. The molecule has 0 aliphatic rings. The summed E-state index contributed by atoms with van der Waals surface area (Å²) >= 11 is 0. The van der Waals surface area contributed by atoms with Crippen LogP contribution in [0.5, 0.6) is 5.75 Å². The van der Waals surface area contributed by atoms with Gasteiger partial charge in [-0.25, -0.2) is 0 Å². The first-order valence-corrected chi connectivity index (χ1v) is 8.42. The Morgan fingerprint density at radius 2 is 1.64 bits per heavy atom. The van der Waals surface area contributed by atoms with Gasteiger partial charge in [0.05, 0.1) is 6.21 Å². The molecule has 0 radical (unpaired) electrons. The quantitative estimate of drug-likeness (QED) is 0.369. The molecule has 0 aliphatic carbocycles. The molecule has 126 valence electrons. The van der Waals surface area contributed by atoms with Gasteiger partial charge >= 0.3 is 0 Å². The number of oxime groups is 1. The fourth-order valence-electron chi connectivity index (χ4n) is 3.12. The van der Waals surface area contributed by atoms with Crippen LogP contribution in [0.2, 0.25) is 0 Å². The van der Waals surface area contributed by atoms with E-state index in [1.165, 1.54) is 11.8 Å². The molecule has 0 unspecified atom stereocenters. The smallest absolute Gasteiger partial charge is 0.115 e. The first kappa shape index (κ1) is 16.8. The highest BCUT2D eigenvalue weighted by Gasteiger charge is 2.14. The van der Waals surface area contributed by atoms with E-state index >= 15 is 0 Å². The fourth-order valence-corrected chi connectivity index (χ4v) is 3.12. The second-order valence-electron chi connectivity index (χ2n) is 6.02. The number of rotatable bonds is 5. The molecule has 3 aromatic rings. The molecule has 0 saturated heterocycles. The zero-order valence-electron chi connectivity index (χ0n) is 14.2. The van der Waals surface area contributed by atoms with E-state index in [1.54, 1.807) is 12.1 Å². The molecule has 3 nitrogen and oxygen atoms in total. The minimum atomic E-state index is 0.242. The second kappa shape index (κ2) is 7.67. The fraction of sp³-hybridized carbons (Fsp3) is 0.136. The molecule has 0 spiro atoms.